The zero-order valence-electron chi connectivity index (χ0n) is 21.5. The lowest BCUT2D eigenvalue weighted by Crippen LogP contribution is -2.49. The molecule has 0 unspecified atom stereocenters. The standard InChI is InChI=1S/C29H40ClN3O3/c1-36-19-18-32(29(35)23-10-5-6-11-23)22-28(34)33(25-13-3-2-4-14-25)21-26-15-9-17-31(26)20-24-12-7-8-16-27(24)30/h7-9,12,15-17,23,25H,2-6,10-11,13-14,18-22H2,1H3. The van der Waals surface area contributed by atoms with Gasteiger partial charge in [-0.05, 0) is 49.4 Å². The molecule has 2 aliphatic carbocycles. The first-order valence-corrected chi connectivity index (χ1v) is 13.9. The number of rotatable bonds is 11. The monoisotopic (exact) mass is 513 g/mol. The molecule has 4 rings (SSSR count). The molecule has 2 aliphatic rings. The number of ether oxygens (including phenoxy) is 1. The molecule has 0 atom stereocenters. The van der Waals surface area contributed by atoms with E-state index in [1.807, 2.05) is 35.2 Å². The highest BCUT2D eigenvalue weighted by Gasteiger charge is 2.32. The molecule has 7 heteroatoms. The zero-order chi connectivity index (χ0) is 25.3. The van der Waals surface area contributed by atoms with Crippen molar-refractivity contribution in [2.24, 2.45) is 5.92 Å². The summed E-state index contributed by atoms with van der Waals surface area (Å²) < 4.78 is 7.46. The maximum Gasteiger partial charge on any atom is 0.242 e. The van der Waals surface area contributed by atoms with Gasteiger partial charge in [0, 0.05) is 49.1 Å². The third kappa shape index (κ3) is 6.92. The van der Waals surface area contributed by atoms with Gasteiger partial charge in [0.15, 0.2) is 0 Å². The summed E-state index contributed by atoms with van der Waals surface area (Å²) in [6, 6.07) is 12.2. The second-order valence-corrected chi connectivity index (χ2v) is 10.7. The van der Waals surface area contributed by atoms with Gasteiger partial charge in [-0.15, -0.1) is 0 Å². The minimum absolute atomic E-state index is 0.0369. The molecule has 2 amide bonds. The maximum atomic E-state index is 13.8. The van der Waals surface area contributed by atoms with Gasteiger partial charge in [-0.1, -0.05) is 61.9 Å². The first-order chi connectivity index (χ1) is 17.6. The van der Waals surface area contributed by atoms with E-state index in [1.54, 1.807) is 12.0 Å². The molecule has 1 aromatic heterocycles. The van der Waals surface area contributed by atoms with Crippen LogP contribution in [0.25, 0.3) is 0 Å². The van der Waals surface area contributed by atoms with Crippen molar-refractivity contribution in [1.82, 2.24) is 14.4 Å². The van der Waals surface area contributed by atoms with Crippen molar-refractivity contribution in [3.05, 3.63) is 58.9 Å². The van der Waals surface area contributed by atoms with E-state index in [9.17, 15) is 9.59 Å². The van der Waals surface area contributed by atoms with Crippen molar-refractivity contribution in [2.45, 2.75) is 76.9 Å². The Morgan fingerprint density at radius 3 is 2.44 bits per heavy atom. The molecule has 0 radical (unpaired) electrons. The van der Waals surface area contributed by atoms with Crippen LogP contribution in [0.3, 0.4) is 0 Å². The first kappa shape index (κ1) is 26.7. The van der Waals surface area contributed by atoms with E-state index in [4.69, 9.17) is 16.3 Å². The summed E-state index contributed by atoms with van der Waals surface area (Å²) >= 11 is 6.43. The van der Waals surface area contributed by atoms with Crippen molar-refractivity contribution in [3.63, 3.8) is 0 Å². The number of methoxy groups -OCH3 is 1. The minimum atomic E-state index is 0.0369. The molecule has 36 heavy (non-hydrogen) atoms. The van der Waals surface area contributed by atoms with Gasteiger partial charge in [-0.25, -0.2) is 0 Å². The predicted molar refractivity (Wildman–Crippen MR) is 143 cm³/mol. The summed E-state index contributed by atoms with van der Waals surface area (Å²) in [6.07, 6.45) is 11.7. The number of aromatic nitrogens is 1. The summed E-state index contributed by atoms with van der Waals surface area (Å²) in [5, 5.41) is 0.747. The Kier molecular flexibility index (Phi) is 9.88. The van der Waals surface area contributed by atoms with Gasteiger partial charge in [0.1, 0.15) is 0 Å². The molecule has 2 aromatic rings. The molecule has 0 aliphatic heterocycles. The molecule has 1 heterocycles. The van der Waals surface area contributed by atoms with Crippen LogP contribution < -0.4 is 0 Å². The topological polar surface area (TPSA) is 54.8 Å². The van der Waals surface area contributed by atoms with Gasteiger partial charge in [0.25, 0.3) is 0 Å². The van der Waals surface area contributed by atoms with E-state index in [-0.39, 0.29) is 30.3 Å². The van der Waals surface area contributed by atoms with Crippen LogP contribution in [-0.2, 0) is 27.4 Å². The molecule has 196 valence electrons. The maximum absolute atomic E-state index is 13.8. The molecule has 6 nitrogen and oxygen atoms in total. The van der Waals surface area contributed by atoms with Crippen molar-refractivity contribution in [3.8, 4) is 0 Å². The third-order valence-electron chi connectivity index (χ3n) is 7.80. The fourth-order valence-corrected chi connectivity index (χ4v) is 5.89. The highest BCUT2D eigenvalue weighted by Crippen LogP contribution is 2.28. The lowest BCUT2D eigenvalue weighted by Gasteiger charge is -2.36. The van der Waals surface area contributed by atoms with Crippen molar-refractivity contribution in [1.29, 1.82) is 0 Å². The van der Waals surface area contributed by atoms with Gasteiger partial charge in [-0.3, -0.25) is 9.59 Å². The van der Waals surface area contributed by atoms with E-state index >= 15 is 0 Å². The Bertz CT molecular complexity index is 995. The molecule has 1 aromatic carbocycles. The lowest BCUT2D eigenvalue weighted by atomic mass is 9.94. The number of hydrogen-bond donors (Lipinski definition) is 0. The predicted octanol–water partition coefficient (Wildman–Crippen LogP) is 5.52. The molecule has 0 saturated heterocycles. The smallest absolute Gasteiger partial charge is 0.242 e. The number of carbonyl (C=O) groups excluding carboxylic acids is 2. The molecule has 0 spiro atoms. The molecular formula is C29H40ClN3O3. The number of nitrogens with zero attached hydrogens (tertiary/aromatic N) is 3. The van der Waals surface area contributed by atoms with E-state index in [1.165, 1.54) is 6.42 Å². The van der Waals surface area contributed by atoms with Crippen LogP contribution in [0.2, 0.25) is 5.02 Å². The summed E-state index contributed by atoms with van der Waals surface area (Å²) in [4.78, 5) is 30.9. The molecule has 0 N–H and O–H groups in total. The van der Waals surface area contributed by atoms with Gasteiger partial charge in [0.05, 0.1) is 19.7 Å². The van der Waals surface area contributed by atoms with Gasteiger partial charge < -0.3 is 19.1 Å². The highest BCUT2D eigenvalue weighted by atomic mass is 35.5. The normalized spacial score (nSPS) is 16.8. The summed E-state index contributed by atoms with van der Waals surface area (Å²) in [6.45, 7) is 2.22. The fourth-order valence-electron chi connectivity index (χ4n) is 5.70. The molecular weight excluding hydrogens is 474 g/mol. The first-order valence-electron chi connectivity index (χ1n) is 13.5. The largest absolute Gasteiger partial charge is 0.383 e. The van der Waals surface area contributed by atoms with E-state index in [0.717, 1.165) is 67.6 Å². The van der Waals surface area contributed by atoms with Crippen LogP contribution in [0.15, 0.2) is 42.6 Å². The number of halogens is 1. The average molecular weight is 514 g/mol. The van der Waals surface area contributed by atoms with E-state index in [0.29, 0.717) is 26.2 Å². The summed E-state index contributed by atoms with van der Waals surface area (Å²) in [5.74, 6) is 0.198. The third-order valence-corrected chi connectivity index (χ3v) is 8.17. The minimum Gasteiger partial charge on any atom is -0.383 e. The van der Waals surface area contributed by atoms with Crippen LogP contribution in [0.1, 0.15) is 69.0 Å². The number of hydrogen-bond acceptors (Lipinski definition) is 3. The molecule has 2 saturated carbocycles. The van der Waals surface area contributed by atoms with Gasteiger partial charge >= 0.3 is 0 Å². The second-order valence-electron chi connectivity index (χ2n) is 10.3. The van der Waals surface area contributed by atoms with Gasteiger partial charge in [-0.2, -0.15) is 0 Å². The number of benzene rings is 1. The van der Waals surface area contributed by atoms with Crippen LogP contribution in [0.5, 0.6) is 0 Å². The Morgan fingerprint density at radius 2 is 1.72 bits per heavy atom. The van der Waals surface area contributed by atoms with Crippen molar-refractivity contribution < 1.29 is 14.3 Å². The van der Waals surface area contributed by atoms with Crippen LogP contribution in [-0.4, -0.2) is 59.0 Å². The van der Waals surface area contributed by atoms with Crippen LogP contribution >= 0.6 is 11.6 Å². The number of carbonyl (C=O) groups is 2. The highest BCUT2D eigenvalue weighted by molar-refractivity contribution is 6.31. The SMILES string of the molecule is COCCN(CC(=O)N(Cc1cccn1Cc1ccccc1Cl)C1CCCCC1)C(=O)C1CCCC1. The Hall–Kier alpha value is -2.31. The summed E-state index contributed by atoms with van der Waals surface area (Å²) in [5.41, 5.74) is 2.14. The average Bonchev–Trinajstić information content (AvgIpc) is 3.59. The van der Waals surface area contributed by atoms with Gasteiger partial charge in [0.2, 0.25) is 11.8 Å². The Labute approximate surface area is 220 Å². The molecule has 2 fully saturated rings. The van der Waals surface area contributed by atoms with Crippen molar-refractivity contribution in [2.75, 3.05) is 26.8 Å². The quantitative estimate of drug-likeness (QED) is 0.397. The Morgan fingerprint density at radius 1 is 1.00 bits per heavy atom. The zero-order valence-corrected chi connectivity index (χ0v) is 22.3. The van der Waals surface area contributed by atoms with Crippen LogP contribution in [0, 0.1) is 5.92 Å². The summed E-state index contributed by atoms with van der Waals surface area (Å²) in [7, 11) is 1.64. The lowest BCUT2D eigenvalue weighted by molar-refractivity contribution is -0.145. The van der Waals surface area contributed by atoms with E-state index in [2.05, 4.69) is 16.8 Å². The molecule has 0 bridgehead atoms. The van der Waals surface area contributed by atoms with Crippen LogP contribution in [0.4, 0.5) is 0 Å². The van der Waals surface area contributed by atoms with Crippen molar-refractivity contribution >= 4 is 23.4 Å². The second kappa shape index (κ2) is 13.3. The number of amides is 2. The fraction of sp³-hybridized carbons (Fsp3) is 0.586. The van der Waals surface area contributed by atoms with E-state index < -0.39 is 0 Å². The Balaban J connectivity index is 1.52.